The van der Waals surface area contributed by atoms with Crippen LogP contribution in [0.5, 0.6) is 0 Å². The fourth-order valence-corrected chi connectivity index (χ4v) is 1.92. The highest BCUT2D eigenvalue weighted by Crippen LogP contribution is 2.36. The van der Waals surface area contributed by atoms with Gasteiger partial charge in [-0.3, -0.25) is 4.98 Å². The standard InChI is InChI=1S/C11H15ClN2/c1-2-10(8-3-4-8)14-11-5-6-13-7-9(11)12/h5-8,10H,2-4H2,1H3,(H,13,14). The Hall–Kier alpha value is -0.760. The molecule has 0 radical (unpaired) electrons. The van der Waals surface area contributed by atoms with Crippen LogP contribution in [-0.4, -0.2) is 11.0 Å². The van der Waals surface area contributed by atoms with Crippen LogP contribution in [0.15, 0.2) is 18.5 Å². The first kappa shape index (κ1) is 9.78. The van der Waals surface area contributed by atoms with Gasteiger partial charge in [0, 0.05) is 18.4 Å². The monoisotopic (exact) mass is 210 g/mol. The zero-order valence-corrected chi connectivity index (χ0v) is 9.09. The second kappa shape index (κ2) is 4.18. The lowest BCUT2D eigenvalue weighted by Gasteiger charge is -2.18. The summed E-state index contributed by atoms with van der Waals surface area (Å²) >= 11 is 6.03. The molecule has 1 heterocycles. The van der Waals surface area contributed by atoms with Gasteiger partial charge in [0.2, 0.25) is 0 Å². The van der Waals surface area contributed by atoms with E-state index in [-0.39, 0.29) is 0 Å². The third-order valence-corrected chi connectivity index (χ3v) is 3.05. The average molecular weight is 211 g/mol. The van der Waals surface area contributed by atoms with Crippen molar-refractivity contribution in [2.24, 2.45) is 5.92 Å². The summed E-state index contributed by atoms with van der Waals surface area (Å²) in [6, 6.07) is 2.52. The van der Waals surface area contributed by atoms with Gasteiger partial charge in [-0.2, -0.15) is 0 Å². The smallest absolute Gasteiger partial charge is 0.0820 e. The first-order valence-corrected chi connectivity index (χ1v) is 5.55. The van der Waals surface area contributed by atoms with E-state index >= 15 is 0 Å². The van der Waals surface area contributed by atoms with E-state index in [0.29, 0.717) is 11.1 Å². The van der Waals surface area contributed by atoms with Gasteiger partial charge in [0.05, 0.1) is 10.7 Å². The van der Waals surface area contributed by atoms with Crippen LogP contribution in [-0.2, 0) is 0 Å². The highest BCUT2D eigenvalue weighted by Gasteiger charge is 2.29. The Kier molecular flexibility index (Phi) is 2.92. The molecule has 0 aromatic carbocycles. The Morgan fingerprint density at radius 1 is 1.64 bits per heavy atom. The molecule has 1 aliphatic rings. The van der Waals surface area contributed by atoms with Crippen LogP contribution in [0.3, 0.4) is 0 Å². The maximum atomic E-state index is 6.03. The van der Waals surface area contributed by atoms with Crippen molar-refractivity contribution < 1.29 is 0 Å². The molecule has 14 heavy (non-hydrogen) atoms. The molecule has 0 saturated heterocycles. The number of anilines is 1. The Balaban J connectivity index is 2.04. The van der Waals surface area contributed by atoms with Crippen LogP contribution < -0.4 is 5.32 Å². The molecular formula is C11H15ClN2. The number of aromatic nitrogens is 1. The third-order valence-electron chi connectivity index (χ3n) is 2.74. The first-order chi connectivity index (χ1) is 6.81. The van der Waals surface area contributed by atoms with Crippen molar-refractivity contribution >= 4 is 17.3 Å². The molecule has 2 rings (SSSR count). The summed E-state index contributed by atoms with van der Waals surface area (Å²) in [6.07, 6.45) is 7.32. The fourth-order valence-electron chi connectivity index (χ4n) is 1.74. The molecule has 0 amide bonds. The maximum absolute atomic E-state index is 6.03. The summed E-state index contributed by atoms with van der Waals surface area (Å²) in [5.41, 5.74) is 1.01. The maximum Gasteiger partial charge on any atom is 0.0820 e. The molecule has 1 fully saturated rings. The van der Waals surface area contributed by atoms with Gasteiger partial charge in [0.15, 0.2) is 0 Å². The molecule has 2 nitrogen and oxygen atoms in total. The number of rotatable bonds is 4. The lowest BCUT2D eigenvalue weighted by molar-refractivity contribution is 0.616. The van der Waals surface area contributed by atoms with Crippen molar-refractivity contribution in [3.05, 3.63) is 23.5 Å². The van der Waals surface area contributed by atoms with Crippen LogP contribution in [0, 0.1) is 5.92 Å². The minimum Gasteiger partial charge on any atom is -0.381 e. The van der Waals surface area contributed by atoms with Crippen LogP contribution in [0.2, 0.25) is 5.02 Å². The number of hydrogen-bond acceptors (Lipinski definition) is 2. The topological polar surface area (TPSA) is 24.9 Å². The lowest BCUT2D eigenvalue weighted by atomic mass is 10.1. The van der Waals surface area contributed by atoms with Gasteiger partial charge >= 0.3 is 0 Å². The minimum atomic E-state index is 0.579. The predicted molar refractivity (Wildman–Crippen MR) is 59.7 cm³/mol. The molecule has 1 aromatic heterocycles. The van der Waals surface area contributed by atoms with Gasteiger partial charge in [-0.25, -0.2) is 0 Å². The van der Waals surface area contributed by atoms with Crippen molar-refractivity contribution in [3.63, 3.8) is 0 Å². The third kappa shape index (κ3) is 2.18. The zero-order valence-electron chi connectivity index (χ0n) is 8.33. The second-order valence-corrected chi connectivity index (χ2v) is 4.26. The summed E-state index contributed by atoms with van der Waals surface area (Å²) in [5, 5.41) is 4.20. The number of hydrogen-bond donors (Lipinski definition) is 1. The van der Waals surface area contributed by atoms with Gasteiger partial charge in [-0.1, -0.05) is 18.5 Å². The Labute approximate surface area is 89.7 Å². The molecular weight excluding hydrogens is 196 g/mol. The normalized spacial score (nSPS) is 17.9. The molecule has 0 aliphatic heterocycles. The molecule has 1 aliphatic carbocycles. The lowest BCUT2D eigenvalue weighted by Crippen LogP contribution is -2.20. The summed E-state index contributed by atoms with van der Waals surface area (Å²) in [7, 11) is 0. The zero-order chi connectivity index (χ0) is 9.97. The molecule has 3 heteroatoms. The van der Waals surface area contributed by atoms with E-state index < -0.39 is 0 Å². The fraction of sp³-hybridized carbons (Fsp3) is 0.545. The Morgan fingerprint density at radius 2 is 2.43 bits per heavy atom. The molecule has 1 saturated carbocycles. The first-order valence-electron chi connectivity index (χ1n) is 5.17. The van der Waals surface area contributed by atoms with E-state index in [1.54, 1.807) is 12.4 Å². The highest BCUT2D eigenvalue weighted by atomic mass is 35.5. The molecule has 0 spiro atoms. The van der Waals surface area contributed by atoms with Crippen molar-refractivity contribution in [1.82, 2.24) is 4.98 Å². The average Bonchev–Trinajstić information content (AvgIpc) is 3.00. The van der Waals surface area contributed by atoms with Crippen molar-refractivity contribution in [3.8, 4) is 0 Å². The number of pyridine rings is 1. The van der Waals surface area contributed by atoms with Crippen LogP contribution in [0.4, 0.5) is 5.69 Å². The van der Waals surface area contributed by atoms with E-state index in [9.17, 15) is 0 Å². The van der Waals surface area contributed by atoms with E-state index in [2.05, 4.69) is 17.2 Å². The number of nitrogens with one attached hydrogen (secondary N) is 1. The van der Waals surface area contributed by atoms with E-state index in [0.717, 1.165) is 18.0 Å². The SMILES string of the molecule is CCC(Nc1ccncc1Cl)C1CC1. The molecule has 76 valence electrons. The van der Waals surface area contributed by atoms with Crippen molar-refractivity contribution in [2.75, 3.05) is 5.32 Å². The highest BCUT2D eigenvalue weighted by molar-refractivity contribution is 6.33. The van der Waals surface area contributed by atoms with E-state index in [1.165, 1.54) is 12.8 Å². The largest absolute Gasteiger partial charge is 0.381 e. The molecule has 1 unspecified atom stereocenters. The Morgan fingerprint density at radius 3 is 3.00 bits per heavy atom. The van der Waals surface area contributed by atoms with Crippen molar-refractivity contribution in [1.29, 1.82) is 0 Å². The summed E-state index contributed by atoms with van der Waals surface area (Å²) < 4.78 is 0. The quantitative estimate of drug-likeness (QED) is 0.825. The van der Waals surface area contributed by atoms with Gasteiger partial charge in [0.1, 0.15) is 0 Å². The van der Waals surface area contributed by atoms with Crippen LogP contribution in [0.25, 0.3) is 0 Å². The van der Waals surface area contributed by atoms with Gasteiger partial charge < -0.3 is 5.32 Å². The predicted octanol–water partition coefficient (Wildman–Crippen LogP) is 3.34. The number of halogens is 1. The van der Waals surface area contributed by atoms with Gasteiger partial charge in [0.25, 0.3) is 0 Å². The van der Waals surface area contributed by atoms with E-state index in [1.807, 2.05) is 6.07 Å². The number of nitrogens with zero attached hydrogens (tertiary/aromatic N) is 1. The van der Waals surface area contributed by atoms with Gasteiger partial charge in [-0.05, 0) is 31.2 Å². The summed E-state index contributed by atoms with van der Waals surface area (Å²) in [5.74, 6) is 0.851. The van der Waals surface area contributed by atoms with Crippen molar-refractivity contribution in [2.45, 2.75) is 32.2 Å². The minimum absolute atomic E-state index is 0.579. The molecule has 1 N–H and O–H groups in total. The summed E-state index contributed by atoms with van der Waals surface area (Å²) in [6.45, 7) is 2.21. The molecule has 0 bridgehead atoms. The van der Waals surface area contributed by atoms with Gasteiger partial charge in [-0.15, -0.1) is 0 Å². The van der Waals surface area contributed by atoms with Crippen LogP contribution >= 0.6 is 11.6 Å². The Bertz CT molecular complexity index is 310. The molecule has 1 atom stereocenters. The van der Waals surface area contributed by atoms with Crippen LogP contribution in [0.1, 0.15) is 26.2 Å². The van der Waals surface area contributed by atoms with E-state index in [4.69, 9.17) is 11.6 Å². The summed E-state index contributed by atoms with van der Waals surface area (Å²) in [4.78, 5) is 3.97. The molecule has 1 aromatic rings. The second-order valence-electron chi connectivity index (χ2n) is 3.85.